The maximum atomic E-state index is 12.5. The summed E-state index contributed by atoms with van der Waals surface area (Å²) in [6.07, 6.45) is 6.43. The van der Waals surface area contributed by atoms with Crippen LogP contribution in [0.5, 0.6) is 0 Å². The third kappa shape index (κ3) is 5.19. The van der Waals surface area contributed by atoms with Crippen molar-refractivity contribution in [3.05, 3.63) is 59.0 Å². The minimum atomic E-state index is -3.47. The minimum absolute atomic E-state index is 0.000783. The van der Waals surface area contributed by atoms with E-state index in [1.54, 1.807) is 30.3 Å². The monoisotopic (exact) mass is 448 g/mol. The van der Waals surface area contributed by atoms with Crippen LogP contribution in [0.1, 0.15) is 41.1 Å². The zero-order chi connectivity index (χ0) is 21.9. The fourth-order valence-corrected chi connectivity index (χ4v) is 3.84. The Morgan fingerprint density at radius 3 is 2.60 bits per heavy atom. The van der Waals surface area contributed by atoms with Gasteiger partial charge in [-0.05, 0) is 31.5 Å². The van der Waals surface area contributed by atoms with Crippen molar-refractivity contribution in [3.8, 4) is 5.82 Å². The Balaban J connectivity index is 1.68. The first-order chi connectivity index (χ1) is 14.1. The van der Waals surface area contributed by atoms with E-state index in [2.05, 4.69) is 25.4 Å². The Labute approximate surface area is 179 Å². The summed E-state index contributed by atoms with van der Waals surface area (Å²) < 4.78 is 25.1. The molecule has 1 aromatic carbocycles. The highest BCUT2D eigenvalue weighted by molar-refractivity contribution is 7.90. The lowest BCUT2D eigenvalue weighted by Gasteiger charge is -2.14. The van der Waals surface area contributed by atoms with Crippen LogP contribution in [0, 0.1) is 6.92 Å². The summed E-state index contributed by atoms with van der Waals surface area (Å²) in [6.45, 7) is 4.12. The summed E-state index contributed by atoms with van der Waals surface area (Å²) in [6, 6.07) is 4.06. The predicted octanol–water partition coefficient (Wildman–Crippen LogP) is 2.35. The van der Waals surface area contributed by atoms with E-state index >= 15 is 0 Å². The Kier molecular flexibility index (Phi) is 6.47. The molecule has 0 aliphatic rings. The van der Waals surface area contributed by atoms with Crippen molar-refractivity contribution >= 4 is 27.3 Å². The molecule has 0 saturated heterocycles. The molecule has 158 valence electrons. The van der Waals surface area contributed by atoms with Gasteiger partial charge in [-0.2, -0.15) is 5.10 Å². The van der Waals surface area contributed by atoms with Crippen molar-refractivity contribution in [2.75, 3.05) is 12.8 Å². The number of nitrogens with zero attached hydrogens (tertiary/aromatic N) is 5. The van der Waals surface area contributed by atoms with Gasteiger partial charge in [0.1, 0.15) is 12.2 Å². The molecule has 3 aromatic rings. The van der Waals surface area contributed by atoms with E-state index in [-0.39, 0.29) is 21.4 Å². The fourth-order valence-electron chi connectivity index (χ4n) is 2.86. The molecule has 3 rings (SSSR count). The molecule has 0 saturated carbocycles. The first kappa shape index (κ1) is 21.8. The molecular formula is C19H21ClN6O3S. The number of benzene rings is 1. The number of halogens is 1. The largest absolute Gasteiger partial charge is 0.352 e. The van der Waals surface area contributed by atoms with Crippen molar-refractivity contribution in [2.24, 2.45) is 0 Å². The molecule has 1 unspecified atom stereocenters. The molecule has 0 aliphatic heterocycles. The first-order valence-electron chi connectivity index (χ1n) is 9.13. The molecule has 2 aromatic heterocycles. The summed E-state index contributed by atoms with van der Waals surface area (Å²) >= 11 is 5.97. The number of nitrogens with one attached hydrogen (secondary N) is 1. The molecule has 30 heavy (non-hydrogen) atoms. The van der Waals surface area contributed by atoms with Gasteiger partial charge in [-0.25, -0.2) is 23.1 Å². The Bertz CT molecular complexity index is 1180. The van der Waals surface area contributed by atoms with E-state index in [0.717, 1.165) is 11.9 Å². The molecule has 0 radical (unpaired) electrons. The first-order valence-corrected chi connectivity index (χ1v) is 11.4. The van der Waals surface area contributed by atoms with Crippen LogP contribution >= 0.6 is 11.6 Å². The van der Waals surface area contributed by atoms with Crippen LogP contribution in [0.15, 0.2) is 41.8 Å². The molecule has 0 aliphatic carbocycles. The van der Waals surface area contributed by atoms with Crippen LogP contribution in [0.2, 0.25) is 5.02 Å². The van der Waals surface area contributed by atoms with Crippen LogP contribution in [-0.2, 0) is 9.84 Å². The van der Waals surface area contributed by atoms with E-state index in [4.69, 9.17) is 11.6 Å². The van der Waals surface area contributed by atoms with Gasteiger partial charge in [0.2, 0.25) is 0 Å². The van der Waals surface area contributed by atoms with Crippen LogP contribution in [0.3, 0.4) is 0 Å². The van der Waals surface area contributed by atoms with Crippen molar-refractivity contribution < 1.29 is 13.2 Å². The van der Waals surface area contributed by atoms with Gasteiger partial charge in [-0.1, -0.05) is 18.5 Å². The highest BCUT2D eigenvalue weighted by Crippen LogP contribution is 2.22. The van der Waals surface area contributed by atoms with E-state index in [0.29, 0.717) is 24.6 Å². The number of amides is 1. The SMILES string of the molecule is Cc1ncn(-c2nccnc2C(C)CCNC(=O)c2cc(Cl)cc(S(C)(=O)=O)c2)n1. The fraction of sp³-hybridized carbons (Fsp3) is 0.316. The van der Waals surface area contributed by atoms with Gasteiger partial charge in [0.25, 0.3) is 5.91 Å². The van der Waals surface area contributed by atoms with Gasteiger partial charge >= 0.3 is 0 Å². The summed E-state index contributed by atoms with van der Waals surface area (Å²) in [5, 5.41) is 7.26. The van der Waals surface area contributed by atoms with E-state index < -0.39 is 15.7 Å². The van der Waals surface area contributed by atoms with Gasteiger partial charge in [-0.3, -0.25) is 9.78 Å². The summed E-state index contributed by atoms with van der Waals surface area (Å²) in [5.74, 6) is 0.788. The molecule has 2 heterocycles. The smallest absolute Gasteiger partial charge is 0.251 e. The number of carbonyl (C=O) groups is 1. The average Bonchev–Trinajstić information content (AvgIpc) is 3.13. The van der Waals surface area contributed by atoms with Gasteiger partial charge < -0.3 is 5.32 Å². The molecule has 1 atom stereocenters. The van der Waals surface area contributed by atoms with Crippen molar-refractivity contribution in [1.82, 2.24) is 30.0 Å². The second-order valence-corrected chi connectivity index (χ2v) is 9.35. The molecule has 9 nitrogen and oxygen atoms in total. The number of aryl methyl sites for hydroxylation is 1. The Hall–Kier alpha value is -2.85. The maximum Gasteiger partial charge on any atom is 0.251 e. The topological polar surface area (TPSA) is 120 Å². The third-order valence-corrected chi connectivity index (χ3v) is 5.73. The lowest BCUT2D eigenvalue weighted by atomic mass is 10.0. The van der Waals surface area contributed by atoms with Gasteiger partial charge in [-0.15, -0.1) is 0 Å². The second-order valence-electron chi connectivity index (χ2n) is 6.89. The van der Waals surface area contributed by atoms with Crippen molar-refractivity contribution in [1.29, 1.82) is 0 Å². The zero-order valence-corrected chi connectivity index (χ0v) is 18.3. The summed E-state index contributed by atoms with van der Waals surface area (Å²) in [7, 11) is -3.47. The minimum Gasteiger partial charge on any atom is -0.352 e. The van der Waals surface area contributed by atoms with Crippen LogP contribution < -0.4 is 5.32 Å². The molecule has 0 bridgehead atoms. The van der Waals surface area contributed by atoms with Gasteiger partial charge in [0, 0.05) is 41.7 Å². The Morgan fingerprint density at radius 1 is 1.20 bits per heavy atom. The van der Waals surface area contributed by atoms with Crippen molar-refractivity contribution in [3.63, 3.8) is 0 Å². The third-order valence-electron chi connectivity index (χ3n) is 4.42. The summed E-state index contributed by atoms with van der Waals surface area (Å²) in [4.78, 5) is 25.4. The van der Waals surface area contributed by atoms with E-state index in [1.165, 1.54) is 18.2 Å². The lowest BCUT2D eigenvalue weighted by Crippen LogP contribution is -2.26. The maximum absolute atomic E-state index is 12.5. The number of aromatic nitrogens is 5. The van der Waals surface area contributed by atoms with E-state index in [1.807, 2.05) is 6.92 Å². The van der Waals surface area contributed by atoms with Crippen LogP contribution in [-0.4, -0.2) is 51.9 Å². The lowest BCUT2D eigenvalue weighted by molar-refractivity contribution is 0.0952. The highest BCUT2D eigenvalue weighted by Gasteiger charge is 2.17. The average molecular weight is 449 g/mol. The number of hydrogen-bond acceptors (Lipinski definition) is 7. The molecule has 0 spiro atoms. The number of hydrogen-bond donors (Lipinski definition) is 1. The summed E-state index contributed by atoms with van der Waals surface area (Å²) in [5.41, 5.74) is 0.924. The molecule has 1 N–H and O–H groups in total. The van der Waals surface area contributed by atoms with Crippen molar-refractivity contribution in [2.45, 2.75) is 31.1 Å². The molecular weight excluding hydrogens is 428 g/mol. The van der Waals surface area contributed by atoms with Crippen LogP contribution in [0.25, 0.3) is 5.82 Å². The predicted molar refractivity (Wildman–Crippen MR) is 112 cm³/mol. The molecule has 1 amide bonds. The molecule has 11 heteroatoms. The van der Waals surface area contributed by atoms with Gasteiger partial charge in [0.15, 0.2) is 15.7 Å². The zero-order valence-electron chi connectivity index (χ0n) is 16.7. The van der Waals surface area contributed by atoms with E-state index in [9.17, 15) is 13.2 Å². The highest BCUT2D eigenvalue weighted by atomic mass is 35.5. The normalized spacial score (nSPS) is 12.5. The van der Waals surface area contributed by atoms with Gasteiger partial charge in [0.05, 0.1) is 10.6 Å². The number of sulfone groups is 1. The standard InChI is InChI=1S/C19H21ClN6O3S/c1-12(17-18(22-7-6-21-17)26-11-24-13(2)25-26)4-5-23-19(27)14-8-15(20)10-16(9-14)30(3,28)29/h6-12H,4-5H2,1-3H3,(H,23,27). The second kappa shape index (κ2) is 8.88. The van der Waals surface area contributed by atoms with Crippen LogP contribution in [0.4, 0.5) is 0 Å². The molecule has 0 fully saturated rings. The Morgan fingerprint density at radius 2 is 1.93 bits per heavy atom. The number of carbonyl (C=O) groups excluding carboxylic acids is 1. The quantitative estimate of drug-likeness (QED) is 0.588. The number of rotatable bonds is 7.